The third-order valence-electron chi connectivity index (χ3n) is 4.04. The molecule has 0 atom stereocenters. The minimum atomic E-state index is -0.314. The second-order valence-corrected chi connectivity index (χ2v) is 6.35. The van der Waals surface area contributed by atoms with Crippen LogP contribution in [0.5, 0.6) is 0 Å². The standard InChI is InChI=1S/C18H37N3O2.Na.H/c1-3-4-5-6-7-8-9-10-11-12-13-14-15-23-17(22)16-21(2)18(19)20;;/h3-16H2,1-2H3,(H3,19,20);;/q;+1;-1. The van der Waals surface area contributed by atoms with E-state index >= 15 is 0 Å². The zero-order valence-corrected chi connectivity index (χ0v) is 18.2. The van der Waals surface area contributed by atoms with Gasteiger partial charge in [-0.05, 0) is 6.42 Å². The molecule has 0 aromatic heterocycles. The fourth-order valence-corrected chi connectivity index (χ4v) is 2.45. The van der Waals surface area contributed by atoms with Crippen molar-refractivity contribution in [2.45, 2.75) is 84.0 Å². The topological polar surface area (TPSA) is 79.4 Å². The molecule has 0 bridgehead atoms. The fraction of sp³-hybridized carbons (Fsp3) is 0.889. The maximum absolute atomic E-state index is 11.4. The molecular formula is C18H38N3NaO2. The summed E-state index contributed by atoms with van der Waals surface area (Å²) in [6.07, 6.45) is 15.5. The average molecular weight is 352 g/mol. The van der Waals surface area contributed by atoms with Crippen LogP contribution in [-0.4, -0.2) is 37.0 Å². The molecular weight excluding hydrogens is 313 g/mol. The van der Waals surface area contributed by atoms with E-state index in [4.69, 9.17) is 15.9 Å². The Kier molecular flexibility index (Phi) is 20.6. The molecule has 24 heavy (non-hydrogen) atoms. The van der Waals surface area contributed by atoms with E-state index in [0.717, 1.165) is 12.8 Å². The zero-order chi connectivity index (χ0) is 17.3. The van der Waals surface area contributed by atoms with Crippen LogP contribution in [0.3, 0.4) is 0 Å². The Bertz CT molecular complexity index is 321. The summed E-state index contributed by atoms with van der Waals surface area (Å²) in [6, 6.07) is 0. The number of hydrogen-bond acceptors (Lipinski definition) is 3. The summed E-state index contributed by atoms with van der Waals surface area (Å²) < 4.78 is 5.12. The van der Waals surface area contributed by atoms with Crippen molar-refractivity contribution in [1.82, 2.24) is 4.90 Å². The quantitative estimate of drug-likeness (QED) is 0.153. The zero-order valence-electron chi connectivity index (χ0n) is 17.2. The number of hydrogen-bond donors (Lipinski definition) is 2. The van der Waals surface area contributed by atoms with Gasteiger partial charge in [0.25, 0.3) is 0 Å². The number of nitrogens with one attached hydrogen (secondary N) is 1. The van der Waals surface area contributed by atoms with Crippen LogP contribution in [0.1, 0.15) is 85.4 Å². The first-order valence-corrected chi connectivity index (χ1v) is 9.28. The number of rotatable bonds is 15. The second kappa shape index (κ2) is 19.1. The molecule has 0 heterocycles. The molecule has 0 saturated carbocycles. The molecule has 0 unspecified atom stereocenters. The number of esters is 1. The molecule has 0 aliphatic heterocycles. The van der Waals surface area contributed by atoms with E-state index in [-0.39, 0.29) is 49.5 Å². The van der Waals surface area contributed by atoms with Crippen LogP contribution < -0.4 is 35.3 Å². The third-order valence-corrected chi connectivity index (χ3v) is 4.04. The van der Waals surface area contributed by atoms with Gasteiger partial charge < -0.3 is 16.8 Å². The summed E-state index contributed by atoms with van der Waals surface area (Å²) in [5.74, 6) is -0.432. The van der Waals surface area contributed by atoms with Crippen molar-refractivity contribution < 1.29 is 40.5 Å². The second-order valence-electron chi connectivity index (χ2n) is 6.35. The van der Waals surface area contributed by atoms with E-state index in [1.807, 2.05) is 0 Å². The van der Waals surface area contributed by atoms with Crippen molar-refractivity contribution in [3.63, 3.8) is 0 Å². The first-order chi connectivity index (χ1) is 11.1. The molecule has 0 saturated heterocycles. The number of ether oxygens (including phenoxy) is 1. The van der Waals surface area contributed by atoms with Gasteiger partial charge in [-0.15, -0.1) is 0 Å². The third kappa shape index (κ3) is 18.1. The minimum absolute atomic E-state index is 0. The number of carbonyl (C=O) groups is 1. The van der Waals surface area contributed by atoms with Crippen LogP contribution in [0, 0.1) is 5.41 Å². The van der Waals surface area contributed by atoms with Crippen molar-refractivity contribution in [1.29, 1.82) is 5.41 Å². The summed E-state index contributed by atoms with van der Waals surface area (Å²) in [4.78, 5) is 12.8. The van der Waals surface area contributed by atoms with E-state index in [1.54, 1.807) is 7.05 Å². The van der Waals surface area contributed by atoms with Gasteiger partial charge >= 0.3 is 35.5 Å². The molecule has 138 valence electrons. The van der Waals surface area contributed by atoms with E-state index in [1.165, 1.54) is 69.1 Å². The average Bonchev–Trinajstić information content (AvgIpc) is 2.51. The normalized spacial score (nSPS) is 10.1. The summed E-state index contributed by atoms with van der Waals surface area (Å²) in [5, 5.41) is 7.17. The van der Waals surface area contributed by atoms with Gasteiger partial charge in [0.05, 0.1) is 6.61 Å². The number of nitrogens with two attached hydrogens (primary N) is 1. The maximum Gasteiger partial charge on any atom is 1.00 e. The number of nitrogens with zero attached hydrogens (tertiary/aromatic N) is 1. The Morgan fingerprint density at radius 1 is 0.958 bits per heavy atom. The van der Waals surface area contributed by atoms with Gasteiger partial charge in [-0.1, -0.05) is 77.6 Å². The van der Waals surface area contributed by atoms with Gasteiger partial charge in [-0.3, -0.25) is 10.2 Å². The number of guanidine groups is 1. The van der Waals surface area contributed by atoms with Crippen LogP contribution in [-0.2, 0) is 9.53 Å². The fourth-order valence-electron chi connectivity index (χ4n) is 2.45. The van der Waals surface area contributed by atoms with Gasteiger partial charge in [-0.25, -0.2) is 0 Å². The molecule has 0 fully saturated rings. The van der Waals surface area contributed by atoms with Crippen LogP contribution >= 0.6 is 0 Å². The van der Waals surface area contributed by atoms with Gasteiger partial charge in [0.15, 0.2) is 5.96 Å². The first kappa shape index (κ1) is 26.0. The SMILES string of the molecule is CCCCCCCCCCCCCCOC(=O)CN(C)C(=N)N.[H-].[Na+]. The summed E-state index contributed by atoms with van der Waals surface area (Å²) in [6.45, 7) is 2.78. The summed E-state index contributed by atoms with van der Waals surface area (Å²) >= 11 is 0. The van der Waals surface area contributed by atoms with E-state index in [0.29, 0.717) is 6.61 Å². The molecule has 5 nitrogen and oxygen atoms in total. The predicted octanol–water partition coefficient (Wildman–Crippen LogP) is 1.17. The Balaban J connectivity index is -0.00000242. The van der Waals surface area contributed by atoms with E-state index in [9.17, 15) is 4.79 Å². The van der Waals surface area contributed by atoms with Gasteiger partial charge in [0.1, 0.15) is 6.54 Å². The Morgan fingerprint density at radius 3 is 1.79 bits per heavy atom. The van der Waals surface area contributed by atoms with Gasteiger partial charge in [0.2, 0.25) is 0 Å². The van der Waals surface area contributed by atoms with Gasteiger partial charge in [-0.2, -0.15) is 0 Å². The predicted molar refractivity (Wildman–Crippen MR) is 97.7 cm³/mol. The first-order valence-electron chi connectivity index (χ1n) is 9.28. The Labute approximate surface area is 172 Å². The molecule has 6 heteroatoms. The Hall–Kier alpha value is -0.260. The molecule has 0 aliphatic rings. The smallest absolute Gasteiger partial charge is 1.00 e. The molecule has 0 aliphatic carbocycles. The molecule has 3 N–H and O–H groups in total. The van der Waals surface area contributed by atoms with E-state index < -0.39 is 0 Å². The van der Waals surface area contributed by atoms with Crippen molar-refractivity contribution in [2.24, 2.45) is 5.73 Å². The van der Waals surface area contributed by atoms with Crippen LogP contribution in [0.25, 0.3) is 0 Å². The molecule has 0 aromatic carbocycles. The monoisotopic (exact) mass is 351 g/mol. The largest absolute Gasteiger partial charge is 1.00 e. The molecule has 0 spiro atoms. The molecule has 0 aromatic rings. The minimum Gasteiger partial charge on any atom is -1.00 e. The molecule has 0 amide bonds. The summed E-state index contributed by atoms with van der Waals surface area (Å²) in [5.41, 5.74) is 5.26. The maximum atomic E-state index is 11.4. The number of carbonyl (C=O) groups excluding carboxylic acids is 1. The molecule has 0 rings (SSSR count). The number of likely N-dealkylation sites (N-methyl/N-ethyl adjacent to an activating group) is 1. The van der Waals surface area contributed by atoms with Crippen molar-refractivity contribution in [3.05, 3.63) is 0 Å². The number of unbranched alkanes of at least 4 members (excludes halogenated alkanes) is 11. The van der Waals surface area contributed by atoms with Crippen molar-refractivity contribution >= 4 is 11.9 Å². The van der Waals surface area contributed by atoms with Crippen LogP contribution in [0.4, 0.5) is 0 Å². The van der Waals surface area contributed by atoms with E-state index in [2.05, 4.69) is 6.92 Å². The van der Waals surface area contributed by atoms with Crippen LogP contribution in [0.15, 0.2) is 0 Å². The summed E-state index contributed by atoms with van der Waals surface area (Å²) in [7, 11) is 1.60. The molecule has 0 radical (unpaired) electrons. The van der Waals surface area contributed by atoms with Gasteiger partial charge in [0, 0.05) is 7.05 Å². The Morgan fingerprint density at radius 2 is 1.38 bits per heavy atom. The van der Waals surface area contributed by atoms with Crippen molar-refractivity contribution in [2.75, 3.05) is 20.2 Å². The van der Waals surface area contributed by atoms with Crippen molar-refractivity contribution in [3.8, 4) is 0 Å². The van der Waals surface area contributed by atoms with Crippen LogP contribution in [0.2, 0.25) is 0 Å².